The van der Waals surface area contributed by atoms with Crippen LogP contribution < -0.4 is 5.22 Å². The van der Waals surface area contributed by atoms with E-state index in [0.29, 0.717) is 11.3 Å². The summed E-state index contributed by atoms with van der Waals surface area (Å²) >= 11 is 2.65. The van der Waals surface area contributed by atoms with Gasteiger partial charge >= 0.3 is 0 Å². The predicted molar refractivity (Wildman–Crippen MR) is 199 cm³/mol. The van der Waals surface area contributed by atoms with Crippen LogP contribution in [-0.4, -0.2) is 7.82 Å². The Morgan fingerprint density at radius 2 is 1.65 bits per heavy atom. The topological polar surface area (TPSA) is 4.41 Å². The van der Waals surface area contributed by atoms with Crippen molar-refractivity contribution in [2.45, 2.75) is 89.9 Å². The summed E-state index contributed by atoms with van der Waals surface area (Å²) < 4.78 is 2.77. The highest BCUT2D eigenvalue weighted by molar-refractivity contribution is 14.1. The zero-order chi connectivity index (χ0) is 30.4. The zero-order valence-electron chi connectivity index (χ0n) is 26.9. The first-order chi connectivity index (χ1) is 20.4. The molecular formula is C41H44IN. The van der Waals surface area contributed by atoms with Crippen molar-refractivity contribution in [3.63, 3.8) is 0 Å². The maximum absolute atomic E-state index is 4.93. The van der Waals surface area contributed by atoms with Crippen molar-refractivity contribution in [2.24, 2.45) is 5.41 Å². The van der Waals surface area contributed by atoms with Gasteiger partial charge in [-0.2, -0.15) is 0 Å². The quantitative estimate of drug-likeness (QED) is 0.0994. The minimum Gasteiger partial charge on any atom is -0.308 e. The molecule has 0 aliphatic heterocycles. The highest BCUT2D eigenvalue weighted by atomic mass is 127. The molecule has 2 heteroatoms. The highest BCUT2D eigenvalue weighted by Crippen LogP contribution is 2.48. The van der Waals surface area contributed by atoms with E-state index in [0.717, 1.165) is 6.42 Å². The molecule has 0 bridgehead atoms. The van der Waals surface area contributed by atoms with Gasteiger partial charge < -0.3 is 4.40 Å². The van der Waals surface area contributed by atoms with Crippen LogP contribution in [0.4, 0.5) is 0 Å². The summed E-state index contributed by atoms with van der Waals surface area (Å²) in [6.07, 6.45) is 10.6. The average molecular weight is 678 g/mol. The van der Waals surface area contributed by atoms with Crippen molar-refractivity contribution in [3.05, 3.63) is 87.6 Å². The van der Waals surface area contributed by atoms with Crippen molar-refractivity contribution >= 4 is 84.1 Å². The molecule has 1 saturated carbocycles. The number of benzene rings is 4. The number of pyridine rings is 1. The van der Waals surface area contributed by atoms with Crippen LogP contribution in [0.5, 0.6) is 0 Å². The molecule has 0 unspecified atom stereocenters. The molecule has 0 spiro atoms. The van der Waals surface area contributed by atoms with Crippen LogP contribution in [0, 0.1) is 19.3 Å². The van der Waals surface area contributed by atoms with Crippen molar-refractivity contribution < 1.29 is 0 Å². The number of rotatable bonds is 4. The molecule has 220 valence electrons. The Hall–Kier alpha value is -2.85. The predicted octanol–water partition coefficient (Wildman–Crippen LogP) is 11.8. The second kappa shape index (κ2) is 10.1. The number of para-hydroxylation sites is 1. The molecule has 1 aliphatic rings. The van der Waals surface area contributed by atoms with Crippen molar-refractivity contribution in [3.8, 4) is 0 Å². The Balaban J connectivity index is 1.77. The summed E-state index contributed by atoms with van der Waals surface area (Å²) in [4.78, 5) is 0. The number of hydrogen-bond donors (Lipinski definition) is 0. The number of aryl methyl sites for hydroxylation is 2. The molecule has 0 radical (unpaired) electrons. The van der Waals surface area contributed by atoms with E-state index in [-0.39, 0.29) is 3.42 Å². The molecule has 0 saturated heterocycles. The lowest BCUT2D eigenvalue weighted by molar-refractivity contribution is 0.225. The van der Waals surface area contributed by atoms with E-state index < -0.39 is 0 Å². The van der Waals surface area contributed by atoms with E-state index in [4.69, 9.17) is 6.58 Å². The molecule has 0 N–H and O–H groups in total. The fourth-order valence-corrected chi connectivity index (χ4v) is 8.66. The third-order valence-corrected chi connectivity index (χ3v) is 10.7. The molecule has 1 fully saturated rings. The van der Waals surface area contributed by atoms with Gasteiger partial charge in [0.15, 0.2) is 0 Å². The maximum atomic E-state index is 4.93. The first kappa shape index (κ1) is 28.9. The standard InChI is InChI=1S/C41H44IN/c1-9-12-28-22-31(27-17-19-40(5,6)20-18-27)37-30-13-10-11-14-34(30)43-38-33(23-41(7,8)42)32-21-24(2)15-16-29(32)25(3)35(38)26(4)36(28)39(37)43/h9-16,21-22,27H,4,17-20,23H2,1-3,5-8H3/b12-9-. The smallest absolute Gasteiger partial charge is 0.0628 e. The van der Waals surface area contributed by atoms with Crippen molar-refractivity contribution in [1.29, 1.82) is 0 Å². The monoisotopic (exact) mass is 677 g/mol. The Morgan fingerprint density at radius 3 is 2.35 bits per heavy atom. The van der Waals surface area contributed by atoms with Gasteiger partial charge in [0.25, 0.3) is 0 Å². The third-order valence-electron chi connectivity index (χ3n) is 10.4. The van der Waals surface area contributed by atoms with E-state index in [1.54, 1.807) is 0 Å². The Bertz CT molecular complexity index is 2160. The average Bonchev–Trinajstić information content (AvgIpc) is 3.28. The van der Waals surface area contributed by atoms with Gasteiger partial charge in [-0.3, -0.25) is 0 Å². The molecule has 0 amide bonds. The summed E-state index contributed by atoms with van der Waals surface area (Å²) in [7, 11) is 0. The van der Waals surface area contributed by atoms with E-state index >= 15 is 0 Å². The largest absolute Gasteiger partial charge is 0.308 e. The van der Waals surface area contributed by atoms with Gasteiger partial charge in [0.05, 0.1) is 16.6 Å². The second-order valence-electron chi connectivity index (χ2n) is 14.7. The highest BCUT2D eigenvalue weighted by Gasteiger charge is 2.31. The lowest BCUT2D eigenvalue weighted by atomic mass is 9.70. The van der Waals surface area contributed by atoms with Crippen molar-refractivity contribution in [1.82, 2.24) is 4.40 Å². The lowest BCUT2D eigenvalue weighted by Crippen LogP contribution is -2.20. The van der Waals surface area contributed by atoms with E-state index in [9.17, 15) is 0 Å². The molecule has 4 aromatic carbocycles. The molecule has 2 aromatic heterocycles. The molecule has 0 atom stereocenters. The molecule has 6 aromatic rings. The number of nitrogens with zero attached hydrogens (tertiary/aromatic N) is 1. The number of alkyl halides is 1. The third kappa shape index (κ3) is 4.54. The first-order valence-corrected chi connectivity index (χ1v) is 17.2. The molecular weight excluding hydrogens is 633 g/mol. The van der Waals surface area contributed by atoms with Crippen LogP contribution in [0.1, 0.15) is 94.0 Å². The van der Waals surface area contributed by atoms with Crippen LogP contribution >= 0.6 is 22.6 Å². The Kier molecular flexibility index (Phi) is 6.78. The van der Waals surface area contributed by atoms with Gasteiger partial charge in [-0.05, 0) is 109 Å². The summed E-state index contributed by atoms with van der Waals surface area (Å²) in [6, 6.07) is 18.8. The number of halogens is 1. The van der Waals surface area contributed by atoms with Gasteiger partial charge in [0, 0.05) is 25.0 Å². The number of hydrogen-bond acceptors (Lipinski definition) is 0. The first-order valence-electron chi connectivity index (χ1n) is 16.1. The Morgan fingerprint density at radius 1 is 0.930 bits per heavy atom. The zero-order valence-corrected chi connectivity index (χ0v) is 29.1. The summed E-state index contributed by atoms with van der Waals surface area (Å²) in [5, 5.41) is 9.39. The van der Waals surface area contributed by atoms with Gasteiger partial charge in [-0.1, -0.05) is 117 Å². The van der Waals surface area contributed by atoms with Crippen LogP contribution in [-0.2, 0) is 6.42 Å². The van der Waals surface area contributed by atoms with Crippen LogP contribution in [0.15, 0.2) is 54.6 Å². The van der Waals surface area contributed by atoms with E-state index in [1.165, 1.54) is 108 Å². The van der Waals surface area contributed by atoms with E-state index in [2.05, 4.69) is 136 Å². The van der Waals surface area contributed by atoms with Crippen molar-refractivity contribution in [2.75, 3.05) is 0 Å². The summed E-state index contributed by atoms with van der Waals surface area (Å²) in [6.45, 7) is 21.2. The van der Waals surface area contributed by atoms with Crippen LogP contribution in [0.2, 0.25) is 0 Å². The SMILES string of the molecule is C=c1c2c(C)c3ccc(C)cc3c(CC(C)(C)I)c2n2c3ccccc3c3c(C4CCC(C)(C)CC4)cc(/C=C\C)c1c32. The molecule has 1 nitrogen and oxygen atoms in total. The van der Waals surface area contributed by atoms with Crippen LogP contribution in [0.3, 0.4) is 0 Å². The summed E-state index contributed by atoms with van der Waals surface area (Å²) in [5.74, 6) is 0.578. The lowest BCUT2D eigenvalue weighted by Gasteiger charge is -2.35. The molecule has 1 aliphatic carbocycles. The summed E-state index contributed by atoms with van der Waals surface area (Å²) in [5.41, 5.74) is 11.4. The molecule has 7 rings (SSSR count). The minimum absolute atomic E-state index is 0.105. The normalized spacial score (nSPS) is 16.7. The van der Waals surface area contributed by atoms with Gasteiger partial charge in [-0.15, -0.1) is 0 Å². The molecule has 43 heavy (non-hydrogen) atoms. The van der Waals surface area contributed by atoms with Crippen LogP contribution in [0.25, 0.3) is 61.5 Å². The Labute approximate surface area is 270 Å². The molecule has 2 heterocycles. The van der Waals surface area contributed by atoms with Gasteiger partial charge in [0.2, 0.25) is 0 Å². The maximum Gasteiger partial charge on any atom is 0.0628 e. The van der Waals surface area contributed by atoms with Gasteiger partial charge in [-0.25, -0.2) is 0 Å². The fraction of sp³-hybridized carbons (Fsp3) is 0.366. The minimum atomic E-state index is 0.105. The van der Waals surface area contributed by atoms with Gasteiger partial charge in [0.1, 0.15) is 0 Å². The number of allylic oxidation sites excluding steroid dienone is 1. The second-order valence-corrected chi connectivity index (χ2v) is 17.6. The number of aromatic nitrogens is 1. The fourth-order valence-electron chi connectivity index (χ4n) is 8.28. The number of fused-ring (bicyclic) bond motifs is 6. The van der Waals surface area contributed by atoms with E-state index in [1.807, 2.05) is 0 Å².